The van der Waals surface area contributed by atoms with Gasteiger partial charge in [0, 0.05) is 13.1 Å². The number of hydrogen-bond donors (Lipinski definition) is 1. The first kappa shape index (κ1) is 18.1. The topological polar surface area (TPSA) is 88.3 Å². The molecular formula is C15H26N4O3. The molecule has 1 aromatic heterocycles. The number of hydrogen-bond acceptors (Lipinski definition) is 4. The molecule has 1 amide bonds. The molecule has 0 saturated heterocycles. The fourth-order valence-corrected chi connectivity index (χ4v) is 2.34. The van der Waals surface area contributed by atoms with Crippen molar-refractivity contribution in [2.75, 3.05) is 13.1 Å². The largest absolute Gasteiger partial charge is 0.476 e. The third kappa shape index (κ3) is 4.82. The number of amides is 1. The van der Waals surface area contributed by atoms with E-state index in [-0.39, 0.29) is 24.1 Å². The number of carbonyl (C=O) groups excluding carboxylic acids is 1. The molecule has 0 aliphatic heterocycles. The molecule has 0 spiro atoms. The van der Waals surface area contributed by atoms with Crippen LogP contribution in [-0.2, 0) is 17.8 Å². The number of carboxylic acids is 1. The van der Waals surface area contributed by atoms with Gasteiger partial charge in [0.25, 0.3) is 0 Å². The van der Waals surface area contributed by atoms with Gasteiger partial charge in [-0.3, -0.25) is 4.79 Å². The molecule has 0 unspecified atom stereocenters. The van der Waals surface area contributed by atoms with Gasteiger partial charge in [0.2, 0.25) is 5.91 Å². The van der Waals surface area contributed by atoms with Gasteiger partial charge >= 0.3 is 5.97 Å². The molecule has 0 bridgehead atoms. The Morgan fingerprint density at radius 2 is 1.82 bits per heavy atom. The lowest BCUT2D eigenvalue weighted by molar-refractivity contribution is -0.132. The van der Waals surface area contributed by atoms with Crippen LogP contribution in [0.3, 0.4) is 0 Å². The average molecular weight is 310 g/mol. The van der Waals surface area contributed by atoms with E-state index >= 15 is 0 Å². The predicted molar refractivity (Wildman–Crippen MR) is 82.7 cm³/mol. The van der Waals surface area contributed by atoms with E-state index in [1.54, 1.807) is 4.90 Å². The standard InChI is InChI=1S/C15H26N4O3/c1-5-7-18(8-6-2)13(20)10-19-12(9-11(3)4)14(15(21)22)16-17-19/h11H,5-10H2,1-4H3,(H,21,22). The Balaban J connectivity index is 2.96. The first-order valence-electron chi connectivity index (χ1n) is 7.84. The Morgan fingerprint density at radius 3 is 2.27 bits per heavy atom. The smallest absolute Gasteiger partial charge is 0.358 e. The van der Waals surface area contributed by atoms with Crippen molar-refractivity contribution in [3.05, 3.63) is 11.4 Å². The van der Waals surface area contributed by atoms with Crippen LogP contribution in [0.1, 0.15) is 56.7 Å². The van der Waals surface area contributed by atoms with Crippen LogP contribution in [-0.4, -0.2) is 50.0 Å². The highest BCUT2D eigenvalue weighted by Crippen LogP contribution is 2.12. The molecule has 0 fully saturated rings. The Morgan fingerprint density at radius 1 is 1.23 bits per heavy atom. The number of aromatic nitrogens is 3. The maximum atomic E-state index is 12.4. The van der Waals surface area contributed by atoms with Gasteiger partial charge in [-0.15, -0.1) is 5.10 Å². The summed E-state index contributed by atoms with van der Waals surface area (Å²) in [6.45, 7) is 9.48. The summed E-state index contributed by atoms with van der Waals surface area (Å²) in [5, 5.41) is 16.8. The maximum Gasteiger partial charge on any atom is 0.358 e. The molecular weight excluding hydrogens is 284 g/mol. The van der Waals surface area contributed by atoms with Crippen LogP contribution in [0.5, 0.6) is 0 Å². The van der Waals surface area contributed by atoms with E-state index in [4.69, 9.17) is 0 Å². The third-order valence-corrected chi connectivity index (χ3v) is 3.27. The van der Waals surface area contributed by atoms with Gasteiger partial charge < -0.3 is 10.0 Å². The Bertz CT molecular complexity index is 505. The Kier molecular flexibility index (Phi) is 7.01. The Labute approximate surface area is 131 Å². The van der Waals surface area contributed by atoms with Gasteiger partial charge in [0.1, 0.15) is 6.54 Å². The van der Waals surface area contributed by atoms with E-state index in [1.165, 1.54) is 4.68 Å². The quantitative estimate of drug-likeness (QED) is 0.751. The third-order valence-electron chi connectivity index (χ3n) is 3.27. The van der Waals surface area contributed by atoms with Crippen LogP contribution in [0.15, 0.2) is 0 Å². The molecule has 22 heavy (non-hydrogen) atoms. The van der Waals surface area contributed by atoms with Crippen molar-refractivity contribution in [3.63, 3.8) is 0 Å². The fourth-order valence-electron chi connectivity index (χ4n) is 2.34. The van der Waals surface area contributed by atoms with Crippen molar-refractivity contribution in [3.8, 4) is 0 Å². The molecule has 0 atom stereocenters. The van der Waals surface area contributed by atoms with Crippen LogP contribution < -0.4 is 0 Å². The van der Waals surface area contributed by atoms with Crippen molar-refractivity contribution in [1.29, 1.82) is 0 Å². The zero-order chi connectivity index (χ0) is 16.7. The van der Waals surface area contributed by atoms with E-state index < -0.39 is 5.97 Å². The van der Waals surface area contributed by atoms with Crippen molar-refractivity contribution >= 4 is 11.9 Å². The van der Waals surface area contributed by atoms with Crippen molar-refractivity contribution in [2.45, 2.75) is 53.5 Å². The number of carboxylic acid groups (broad SMARTS) is 1. The molecule has 0 saturated carbocycles. The second kappa shape index (κ2) is 8.51. The zero-order valence-corrected chi connectivity index (χ0v) is 13.9. The lowest BCUT2D eigenvalue weighted by Gasteiger charge is -2.21. The van der Waals surface area contributed by atoms with E-state index in [2.05, 4.69) is 10.3 Å². The number of carbonyl (C=O) groups is 2. The van der Waals surface area contributed by atoms with E-state index in [9.17, 15) is 14.7 Å². The van der Waals surface area contributed by atoms with Gasteiger partial charge in [-0.25, -0.2) is 9.48 Å². The summed E-state index contributed by atoms with van der Waals surface area (Å²) in [7, 11) is 0. The zero-order valence-electron chi connectivity index (χ0n) is 13.9. The lowest BCUT2D eigenvalue weighted by Crippen LogP contribution is -2.35. The summed E-state index contributed by atoms with van der Waals surface area (Å²) >= 11 is 0. The van der Waals surface area contributed by atoms with Gasteiger partial charge in [0.15, 0.2) is 5.69 Å². The molecule has 0 aliphatic rings. The molecule has 1 N–H and O–H groups in total. The monoisotopic (exact) mass is 310 g/mol. The predicted octanol–water partition coefficient (Wildman–Crippen LogP) is 1.82. The van der Waals surface area contributed by atoms with Crippen LogP contribution in [0.2, 0.25) is 0 Å². The first-order valence-corrected chi connectivity index (χ1v) is 7.84. The van der Waals surface area contributed by atoms with Crippen LogP contribution in [0.25, 0.3) is 0 Å². The summed E-state index contributed by atoms with van der Waals surface area (Å²) < 4.78 is 1.43. The summed E-state index contributed by atoms with van der Waals surface area (Å²) in [6.07, 6.45) is 2.31. The lowest BCUT2D eigenvalue weighted by atomic mass is 10.1. The molecule has 0 aromatic carbocycles. The van der Waals surface area contributed by atoms with E-state index in [0.717, 1.165) is 12.8 Å². The molecule has 1 heterocycles. The van der Waals surface area contributed by atoms with E-state index in [0.29, 0.717) is 25.2 Å². The van der Waals surface area contributed by atoms with Crippen molar-refractivity contribution in [2.24, 2.45) is 5.92 Å². The maximum absolute atomic E-state index is 12.4. The number of aromatic carboxylic acids is 1. The summed E-state index contributed by atoms with van der Waals surface area (Å²) in [5.74, 6) is -0.892. The van der Waals surface area contributed by atoms with Crippen LogP contribution in [0, 0.1) is 5.92 Å². The highest BCUT2D eigenvalue weighted by atomic mass is 16.4. The highest BCUT2D eigenvalue weighted by Gasteiger charge is 2.22. The molecule has 7 heteroatoms. The molecule has 0 aliphatic carbocycles. The SMILES string of the molecule is CCCN(CCC)C(=O)Cn1nnc(C(=O)O)c1CC(C)C. The summed E-state index contributed by atoms with van der Waals surface area (Å²) in [6, 6.07) is 0. The van der Waals surface area contributed by atoms with Gasteiger partial charge in [-0.1, -0.05) is 32.9 Å². The van der Waals surface area contributed by atoms with Crippen molar-refractivity contribution in [1.82, 2.24) is 19.9 Å². The molecule has 1 aromatic rings. The minimum Gasteiger partial charge on any atom is -0.476 e. The second-order valence-electron chi connectivity index (χ2n) is 5.83. The minimum atomic E-state index is -1.10. The molecule has 0 radical (unpaired) electrons. The van der Waals surface area contributed by atoms with E-state index in [1.807, 2.05) is 27.7 Å². The second-order valence-corrected chi connectivity index (χ2v) is 5.83. The van der Waals surface area contributed by atoms with Gasteiger partial charge in [-0.05, 0) is 25.2 Å². The van der Waals surface area contributed by atoms with Crippen LogP contribution in [0.4, 0.5) is 0 Å². The first-order chi connectivity index (χ1) is 10.4. The molecule has 1 rings (SSSR count). The Hall–Kier alpha value is -1.92. The summed E-state index contributed by atoms with van der Waals surface area (Å²) in [5.41, 5.74) is 0.461. The molecule has 7 nitrogen and oxygen atoms in total. The van der Waals surface area contributed by atoms with Gasteiger partial charge in [-0.2, -0.15) is 0 Å². The van der Waals surface area contributed by atoms with Gasteiger partial charge in [0.05, 0.1) is 5.69 Å². The average Bonchev–Trinajstić information content (AvgIpc) is 2.81. The highest BCUT2D eigenvalue weighted by molar-refractivity contribution is 5.86. The normalized spacial score (nSPS) is 11.0. The molecule has 124 valence electrons. The van der Waals surface area contributed by atoms with Crippen molar-refractivity contribution < 1.29 is 14.7 Å². The summed E-state index contributed by atoms with van der Waals surface area (Å²) in [4.78, 5) is 25.4. The minimum absolute atomic E-state index is 0.0440. The number of rotatable bonds is 9. The number of nitrogens with zero attached hydrogens (tertiary/aromatic N) is 4. The van der Waals surface area contributed by atoms with Crippen LogP contribution >= 0.6 is 0 Å². The fraction of sp³-hybridized carbons (Fsp3) is 0.733.